The molecule has 2 aliphatic rings. The molecule has 0 amide bonds. The summed E-state index contributed by atoms with van der Waals surface area (Å²) < 4.78 is 0. The number of aromatic nitrogens is 2. The molecule has 0 aromatic carbocycles. The Morgan fingerprint density at radius 3 is 2.40 bits per heavy atom. The molecule has 1 aliphatic carbocycles. The summed E-state index contributed by atoms with van der Waals surface area (Å²) in [6, 6.07) is 2.80. The number of nitrogens with two attached hydrogens (primary N) is 1. The van der Waals surface area contributed by atoms with Crippen LogP contribution in [0.1, 0.15) is 32.1 Å². The lowest BCUT2D eigenvalue weighted by molar-refractivity contribution is 0.153. The van der Waals surface area contributed by atoms with Crippen molar-refractivity contribution < 1.29 is 0 Å². The van der Waals surface area contributed by atoms with Crippen molar-refractivity contribution in [3.8, 4) is 0 Å². The second-order valence-corrected chi connectivity index (χ2v) is 5.94. The molecule has 2 fully saturated rings. The normalized spacial score (nSPS) is 29.1. The number of nitrogens with zero attached hydrogens (tertiary/aromatic N) is 4. The smallest absolute Gasteiger partial charge is 0.225 e. The Morgan fingerprint density at radius 2 is 1.65 bits per heavy atom. The molecular formula is C15H25N5. The van der Waals surface area contributed by atoms with Gasteiger partial charge in [0, 0.05) is 50.7 Å². The lowest BCUT2D eigenvalue weighted by atomic mass is 10.0. The van der Waals surface area contributed by atoms with Crippen molar-refractivity contribution in [1.82, 2.24) is 14.9 Å². The standard InChI is InChI=1S/C15H25N5/c16-13-5-2-1-3-6-14(13)19-9-11-20(12-10-19)15-17-7-4-8-18-15/h4,7-8,13-14H,1-3,5-6,9-12,16H2. The summed E-state index contributed by atoms with van der Waals surface area (Å²) >= 11 is 0. The summed E-state index contributed by atoms with van der Waals surface area (Å²) in [5.41, 5.74) is 6.38. The molecule has 2 N–H and O–H groups in total. The van der Waals surface area contributed by atoms with Crippen LogP contribution < -0.4 is 10.6 Å². The van der Waals surface area contributed by atoms with Crippen molar-refractivity contribution in [3.05, 3.63) is 18.5 Å². The van der Waals surface area contributed by atoms with Gasteiger partial charge in [-0.25, -0.2) is 9.97 Å². The van der Waals surface area contributed by atoms with E-state index in [9.17, 15) is 0 Å². The third-order valence-electron chi connectivity index (χ3n) is 4.65. The fraction of sp³-hybridized carbons (Fsp3) is 0.733. The Kier molecular flexibility index (Phi) is 4.47. The number of rotatable bonds is 2. The summed E-state index contributed by atoms with van der Waals surface area (Å²) in [4.78, 5) is 13.6. The monoisotopic (exact) mass is 275 g/mol. The number of piperazine rings is 1. The quantitative estimate of drug-likeness (QED) is 0.823. The fourth-order valence-corrected chi connectivity index (χ4v) is 3.48. The van der Waals surface area contributed by atoms with Crippen LogP contribution in [0.3, 0.4) is 0 Å². The van der Waals surface area contributed by atoms with Crippen LogP contribution in [0, 0.1) is 0 Å². The fourth-order valence-electron chi connectivity index (χ4n) is 3.48. The zero-order chi connectivity index (χ0) is 13.8. The second-order valence-electron chi connectivity index (χ2n) is 5.94. The van der Waals surface area contributed by atoms with Gasteiger partial charge in [-0.15, -0.1) is 0 Å². The van der Waals surface area contributed by atoms with Crippen molar-refractivity contribution in [3.63, 3.8) is 0 Å². The number of hydrogen-bond donors (Lipinski definition) is 1. The Labute approximate surface area is 121 Å². The SMILES string of the molecule is NC1CCCCCC1N1CCN(c2ncccn2)CC1. The maximum absolute atomic E-state index is 6.38. The van der Waals surface area contributed by atoms with Gasteiger partial charge in [-0.2, -0.15) is 0 Å². The van der Waals surface area contributed by atoms with Crippen LogP contribution in [0.15, 0.2) is 18.5 Å². The van der Waals surface area contributed by atoms with E-state index >= 15 is 0 Å². The third kappa shape index (κ3) is 3.10. The van der Waals surface area contributed by atoms with Crippen LogP contribution in [0.5, 0.6) is 0 Å². The van der Waals surface area contributed by atoms with E-state index in [0.717, 1.165) is 32.1 Å². The summed E-state index contributed by atoms with van der Waals surface area (Å²) in [7, 11) is 0. The van der Waals surface area contributed by atoms with Gasteiger partial charge in [0.2, 0.25) is 5.95 Å². The summed E-state index contributed by atoms with van der Waals surface area (Å²) in [6.07, 6.45) is 10.1. The minimum Gasteiger partial charge on any atom is -0.338 e. The van der Waals surface area contributed by atoms with E-state index in [1.165, 1.54) is 32.1 Å². The van der Waals surface area contributed by atoms with Gasteiger partial charge in [0.1, 0.15) is 0 Å². The van der Waals surface area contributed by atoms with E-state index in [2.05, 4.69) is 19.8 Å². The van der Waals surface area contributed by atoms with Crippen molar-refractivity contribution in [2.75, 3.05) is 31.1 Å². The first kappa shape index (κ1) is 13.8. The molecule has 1 saturated heterocycles. The molecule has 1 aromatic heterocycles. The average molecular weight is 275 g/mol. The minimum absolute atomic E-state index is 0.358. The highest BCUT2D eigenvalue weighted by molar-refractivity contribution is 5.29. The van der Waals surface area contributed by atoms with Gasteiger partial charge in [-0.05, 0) is 18.9 Å². The van der Waals surface area contributed by atoms with E-state index in [1.54, 1.807) is 0 Å². The van der Waals surface area contributed by atoms with Crippen LogP contribution in [0.2, 0.25) is 0 Å². The molecule has 5 heteroatoms. The molecule has 0 spiro atoms. The lowest BCUT2D eigenvalue weighted by Gasteiger charge is -2.41. The first-order valence-corrected chi connectivity index (χ1v) is 7.86. The van der Waals surface area contributed by atoms with Gasteiger partial charge in [0.25, 0.3) is 0 Å². The molecule has 3 rings (SSSR count). The van der Waals surface area contributed by atoms with E-state index < -0.39 is 0 Å². The highest BCUT2D eigenvalue weighted by Gasteiger charge is 2.29. The molecular weight excluding hydrogens is 250 g/mol. The number of anilines is 1. The second kappa shape index (κ2) is 6.50. The van der Waals surface area contributed by atoms with E-state index in [1.807, 2.05) is 18.5 Å². The largest absolute Gasteiger partial charge is 0.338 e. The molecule has 20 heavy (non-hydrogen) atoms. The molecule has 1 aliphatic heterocycles. The third-order valence-corrected chi connectivity index (χ3v) is 4.65. The molecule has 2 heterocycles. The first-order valence-electron chi connectivity index (χ1n) is 7.86. The van der Waals surface area contributed by atoms with Crippen LogP contribution in [-0.2, 0) is 0 Å². The molecule has 110 valence electrons. The van der Waals surface area contributed by atoms with Gasteiger partial charge in [-0.3, -0.25) is 4.90 Å². The highest BCUT2D eigenvalue weighted by atomic mass is 15.3. The van der Waals surface area contributed by atoms with Crippen LogP contribution in [0.4, 0.5) is 5.95 Å². The minimum atomic E-state index is 0.358. The summed E-state index contributed by atoms with van der Waals surface area (Å²) in [6.45, 7) is 4.17. The maximum Gasteiger partial charge on any atom is 0.225 e. The summed E-state index contributed by atoms with van der Waals surface area (Å²) in [5, 5.41) is 0. The highest BCUT2D eigenvalue weighted by Crippen LogP contribution is 2.23. The molecule has 2 unspecified atom stereocenters. The topological polar surface area (TPSA) is 58.3 Å². The van der Waals surface area contributed by atoms with Crippen LogP contribution in [0.25, 0.3) is 0 Å². The van der Waals surface area contributed by atoms with E-state index in [0.29, 0.717) is 12.1 Å². The zero-order valence-corrected chi connectivity index (χ0v) is 12.1. The Bertz CT molecular complexity index is 402. The van der Waals surface area contributed by atoms with E-state index in [4.69, 9.17) is 5.73 Å². The zero-order valence-electron chi connectivity index (χ0n) is 12.1. The van der Waals surface area contributed by atoms with Gasteiger partial charge in [0.05, 0.1) is 0 Å². The van der Waals surface area contributed by atoms with Crippen molar-refractivity contribution >= 4 is 5.95 Å². The predicted octanol–water partition coefficient (Wildman–Crippen LogP) is 1.26. The predicted molar refractivity (Wildman–Crippen MR) is 80.7 cm³/mol. The van der Waals surface area contributed by atoms with Gasteiger partial charge >= 0.3 is 0 Å². The van der Waals surface area contributed by atoms with Gasteiger partial charge in [0.15, 0.2) is 0 Å². The van der Waals surface area contributed by atoms with Crippen LogP contribution >= 0.6 is 0 Å². The van der Waals surface area contributed by atoms with Gasteiger partial charge < -0.3 is 10.6 Å². The average Bonchev–Trinajstić information content (AvgIpc) is 2.73. The van der Waals surface area contributed by atoms with Crippen molar-refractivity contribution in [2.24, 2.45) is 5.73 Å². The van der Waals surface area contributed by atoms with Gasteiger partial charge in [-0.1, -0.05) is 19.3 Å². The van der Waals surface area contributed by atoms with E-state index in [-0.39, 0.29) is 0 Å². The summed E-state index contributed by atoms with van der Waals surface area (Å²) in [5.74, 6) is 0.859. The molecule has 2 atom stereocenters. The molecule has 0 radical (unpaired) electrons. The Balaban J connectivity index is 1.58. The Hall–Kier alpha value is -1.20. The molecule has 5 nitrogen and oxygen atoms in total. The number of hydrogen-bond acceptors (Lipinski definition) is 5. The Morgan fingerprint density at radius 1 is 0.950 bits per heavy atom. The van der Waals surface area contributed by atoms with Crippen molar-refractivity contribution in [1.29, 1.82) is 0 Å². The molecule has 1 aromatic rings. The maximum atomic E-state index is 6.38. The van der Waals surface area contributed by atoms with Crippen LogP contribution in [-0.4, -0.2) is 53.1 Å². The molecule has 1 saturated carbocycles. The lowest BCUT2D eigenvalue weighted by Crippen LogP contribution is -2.55. The first-order chi connectivity index (χ1) is 9.84. The van der Waals surface area contributed by atoms with Crippen molar-refractivity contribution in [2.45, 2.75) is 44.2 Å². The molecule has 0 bridgehead atoms.